The summed E-state index contributed by atoms with van der Waals surface area (Å²) < 4.78 is 16.1. The van der Waals surface area contributed by atoms with E-state index < -0.39 is 100 Å². The number of piperidine rings is 1. The predicted molar refractivity (Wildman–Crippen MR) is 261 cm³/mol. The lowest BCUT2D eigenvalue weighted by atomic mass is 9.83. The number of alkyl carbamates (subject to hydrolysis) is 3. The maximum Gasteiger partial charge on any atom is 0.408 e. The second-order valence-corrected chi connectivity index (χ2v) is 20.4. The van der Waals surface area contributed by atoms with Gasteiger partial charge in [0.05, 0.1) is 0 Å². The summed E-state index contributed by atoms with van der Waals surface area (Å²) in [6.45, 7) is 16.9. The van der Waals surface area contributed by atoms with Gasteiger partial charge in [0.25, 0.3) is 0 Å². The third-order valence-corrected chi connectivity index (χ3v) is 10.8. The van der Waals surface area contributed by atoms with Crippen LogP contribution in [0.3, 0.4) is 0 Å². The summed E-state index contributed by atoms with van der Waals surface area (Å²) in [5.74, 6) is -1.76. The Morgan fingerprint density at radius 1 is 0.671 bits per heavy atom. The highest BCUT2D eigenvalue weighted by Crippen LogP contribution is 2.29. The van der Waals surface area contributed by atoms with Gasteiger partial charge in [-0.25, -0.2) is 19.2 Å². The maximum atomic E-state index is 14.5. The molecule has 70 heavy (non-hydrogen) atoms. The van der Waals surface area contributed by atoms with E-state index >= 15 is 0 Å². The van der Waals surface area contributed by atoms with Gasteiger partial charge in [0, 0.05) is 44.8 Å². The van der Waals surface area contributed by atoms with Gasteiger partial charge in [-0.3, -0.25) is 19.2 Å². The lowest BCUT2D eigenvalue weighted by Crippen LogP contribution is -2.65. The molecule has 0 aromatic heterocycles. The van der Waals surface area contributed by atoms with E-state index in [1.165, 1.54) is 4.90 Å². The van der Waals surface area contributed by atoms with Gasteiger partial charge < -0.3 is 56.1 Å². The number of nitrogens with zero attached hydrogens (tertiary/aromatic N) is 1. The number of unbranched alkanes of at least 4 members (excludes halogenated alkanes) is 1. The Labute approximate surface area is 411 Å². The Kier molecular flexibility index (Phi) is 21.1. The number of nitrogens with one attached hydrogen (secondary N) is 6. The van der Waals surface area contributed by atoms with Crippen molar-refractivity contribution in [2.24, 2.45) is 0 Å². The normalized spacial score (nSPS) is 17.7. The second kappa shape index (κ2) is 25.7. The predicted octanol–water partition coefficient (Wildman–Crippen LogP) is 4.90. The van der Waals surface area contributed by atoms with E-state index in [2.05, 4.69) is 37.8 Å². The van der Waals surface area contributed by atoms with Crippen molar-refractivity contribution >= 4 is 47.9 Å². The summed E-state index contributed by atoms with van der Waals surface area (Å²) in [5, 5.41) is 26.3. The van der Waals surface area contributed by atoms with E-state index in [4.69, 9.17) is 20.6 Å². The number of ether oxygens (including phenoxy) is 3. The molecular weight excluding hydrogens is 903 g/mol. The van der Waals surface area contributed by atoms with Crippen LogP contribution in [0.15, 0.2) is 60.7 Å². The van der Waals surface area contributed by atoms with Gasteiger partial charge in [-0.2, -0.15) is 0 Å². The van der Waals surface area contributed by atoms with Crippen molar-refractivity contribution < 1.29 is 57.7 Å². The van der Waals surface area contributed by atoms with Crippen LogP contribution in [0.2, 0.25) is 0 Å². The quantitative estimate of drug-likeness (QED) is 0.0532. The molecule has 1 heterocycles. The largest absolute Gasteiger partial charge is 0.480 e. The van der Waals surface area contributed by atoms with Crippen LogP contribution in [0.4, 0.5) is 14.4 Å². The van der Waals surface area contributed by atoms with Gasteiger partial charge >= 0.3 is 24.2 Å². The number of carboxylic acids is 1. The van der Waals surface area contributed by atoms with Crippen LogP contribution in [-0.2, 0) is 51.0 Å². The van der Waals surface area contributed by atoms with Crippen LogP contribution in [0.1, 0.15) is 119 Å². The van der Waals surface area contributed by atoms with E-state index in [1.54, 1.807) is 130 Å². The molecule has 0 aliphatic carbocycles. The molecule has 2 aromatic rings. The SMILES string of the molecule is C#CC[C@@H](NC(=O)[C@@H](Cc1ccccc1)NC(=O)[C@@H](Cc1ccccc1)NC(=O)OC(C)(C)C)C(=O)N[C@H](CCCCNC(=O)OC(C)(C)C)C(=O)N1CCC(NC(=O)OC(C)(C)C)(C(=O)O)CC1C. The zero-order valence-electron chi connectivity index (χ0n) is 42.2. The molecule has 7 N–H and O–H groups in total. The molecule has 19 heteroatoms. The van der Waals surface area contributed by atoms with E-state index in [0.717, 1.165) is 5.56 Å². The number of carbonyl (C=O) groups is 8. The molecule has 1 saturated heterocycles. The smallest absolute Gasteiger partial charge is 0.408 e. The number of hydrogen-bond acceptors (Lipinski definition) is 11. The average Bonchev–Trinajstić information content (AvgIpc) is 3.23. The molecule has 19 nitrogen and oxygen atoms in total. The summed E-state index contributed by atoms with van der Waals surface area (Å²) in [6, 6.07) is 11.9. The van der Waals surface area contributed by atoms with Gasteiger partial charge in [-0.1, -0.05) is 60.7 Å². The molecule has 6 atom stereocenters. The number of benzene rings is 2. The molecule has 0 saturated carbocycles. The molecule has 0 spiro atoms. The van der Waals surface area contributed by atoms with Crippen LogP contribution in [0.25, 0.3) is 0 Å². The minimum Gasteiger partial charge on any atom is -0.480 e. The zero-order valence-corrected chi connectivity index (χ0v) is 42.2. The summed E-state index contributed by atoms with van der Waals surface area (Å²) >= 11 is 0. The molecule has 1 aliphatic rings. The highest BCUT2D eigenvalue weighted by molar-refractivity contribution is 5.96. The Balaban J connectivity index is 1.90. The van der Waals surface area contributed by atoms with E-state index in [1.807, 2.05) is 0 Å². The van der Waals surface area contributed by atoms with Crippen molar-refractivity contribution in [2.45, 2.75) is 173 Å². The topological polar surface area (TPSA) is 260 Å². The van der Waals surface area contributed by atoms with Crippen LogP contribution in [0.5, 0.6) is 0 Å². The first-order valence-electron chi connectivity index (χ1n) is 23.5. The van der Waals surface area contributed by atoms with Gasteiger partial charge in [0.2, 0.25) is 23.6 Å². The number of hydrogen-bond donors (Lipinski definition) is 7. The Bertz CT molecular complexity index is 2160. The number of carbonyl (C=O) groups excluding carboxylic acids is 7. The van der Waals surface area contributed by atoms with E-state index in [9.17, 15) is 43.5 Å². The van der Waals surface area contributed by atoms with Crippen molar-refractivity contribution in [1.29, 1.82) is 0 Å². The Hall–Kier alpha value is -6.84. The molecule has 1 aliphatic heterocycles. The molecule has 2 unspecified atom stereocenters. The fourth-order valence-electron chi connectivity index (χ4n) is 7.58. The highest BCUT2D eigenvalue weighted by atomic mass is 16.6. The molecule has 1 fully saturated rings. The number of terminal acetylenes is 1. The molecule has 7 amide bonds. The molecule has 384 valence electrons. The molecule has 3 rings (SSSR count). The molecule has 2 aromatic carbocycles. The first-order chi connectivity index (χ1) is 32.6. The first-order valence-corrected chi connectivity index (χ1v) is 23.5. The number of amides is 7. The minimum absolute atomic E-state index is 0.0286. The number of rotatable bonds is 20. The average molecular weight is 976 g/mol. The third kappa shape index (κ3) is 20.0. The summed E-state index contributed by atoms with van der Waals surface area (Å²) in [4.78, 5) is 109. The van der Waals surface area contributed by atoms with Crippen LogP contribution in [-0.4, -0.2) is 124 Å². The van der Waals surface area contributed by atoms with E-state index in [-0.39, 0.29) is 51.6 Å². The Morgan fingerprint density at radius 2 is 1.13 bits per heavy atom. The molecule has 0 bridgehead atoms. The molecular formula is C51H73N7O12. The van der Waals surface area contributed by atoms with Gasteiger partial charge in [-0.15, -0.1) is 12.3 Å². The van der Waals surface area contributed by atoms with Crippen LogP contribution in [0, 0.1) is 12.3 Å². The zero-order chi connectivity index (χ0) is 52.5. The third-order valence-electron chi connectivity index (χ3n) is 10.8. The highest BCUT2D eigenvalue weighted by Gasteiger charge is 2.48. The number of carboxylic acid groups (broad SMARTS) is 1. The van der Waals surface area contributed by atoms with Crippen molar-refractivity contribution in [3.63, 3.8) is 0 Å². The summed E-state index contributed by atoms with van der Waals surface area (Å²) in [7, 11) is 0. The molecule has 0 radical (unpaired) electrons. The van der Waals surface area contributed by atoms with Crippen molar-refractivity contribution in [3.8, 4) is 12.3 Å². The van der Waals surface area contributed by atoms with Crippen LogP contribution >= 0.6 is 0 Å². The van der Waals surface area contributed by atoms with Crippen molar-refractivity contribution in [3.05, 3.63) is 71.8 Å². The Morgan fingerprint density at radius 3 is 1.61 bits per heavy atom. The van der Waals surface area contributed by atoms with E-state index in [0.29, 0.717) is 18.4 Å². The van der Waals surface area contributed by atoms with Gasteiger partial charge in [0.1, 0.15) is 46.5 Å². The van der Waals surface area contributed by atoms with Crippen molar-refractivity contribution in [1.82, 2.24) is 36.8 Å². The summed E-state index contributed by atoms with van der Waals surface area (Å²) in [6.07, 6.45) is 3.41. The first kappa shape index (κ1) is 57.5. The number of aliphatic carboxylic acids is 1. The second-order valence-electron chi connectivity index (χ2n) is 20.4. The lowest BCUT2D eigenvalue weighted by molar-refractivity contribution is -0.152. The minimum atomic E-state index is -1.76. The monoisotopic (exact) mass is 976 g/mol. The maximum absolute atomic E-state index is 14.5. The lowest BCUT2D eigenvalue weighted by Gasteiger charge is -2.44. The fourth-order valence-corrected chi connectivity index (χ4v) is 7.58. The number of likely N-dealkylation sites (tertiary alicyclic amines) is 1. The summed E-state index contributed by atoms with van der Waals surface area (Å²) in [5.41, 5.74) is -2.88. The van der Waals surface area contributed by atoms with Crippen LogP contribution < -0.4 is 31.9 Å². The van der Waals surface area contributed by atoms with Gasteiger partial charge in [-0.05, 0) is 106 Å². The standard InChI is InChI=1S/C51H73N7O12/c1-12-21-36(53-41(60)38(30-34-22-15-13-16-23-34)55-42(61)39(31-35-24-17-14-18-25-35)56-46(66)69-49(6,7)8)40(59)54-37(26-19-20-28-52-45(65)68-48(3,4)5)43(62)58-29-27-51(44(63)64,32-33(58)2)57-47(67)70-50(9,10)11/h1,13-18,22-25,33,36-39H,19-21,26-32H2,2-11H3,(H,52,65)(H,53,60)(H,54,59)(H,55,61)(H,56,66)(H,57,67)(H,63,64)/t33?,36-,37-,38-,39-,51?/m1/s1. The van der Waals surface area contributed by atoms with Gasteiger partial charge in [0.15, 0.2) is 0 Å². The van der Waals surface area contributed by atoms with Crippen molar-refractivity contribution in [2.75, 3.05) is 13.1 Å². The fraction of sp³-hybridized carbons (Fsp3) is 0.569.